The minimum Gasteiger partial charge on any atom is -0.494 e. The summed E-state index contributed by atoms with van der Waals surface area (Å²) in [5.41, 5.74) is 1.06. The van der Waals surface area contributed by atoms with Crippen molar-refractivity contribution in [2.45, 2.75) is 36.6 Å². The van der Waals surface area contributed by atoms with E-state index in [0.717, 1.165) is 17.7 Å². The molecule has 0 atom stereocenters. The third kappa shape index (κ3) is 4.32. The molecule has 0 N–H and O–H groups in total. The number of hydrogen-bond acceptors (Lipinski definition) is 5. The number of ether oxygens (including phenoxy) is 1. The van der Waals surface area contributed by atoms with Crippen molar-refractivity contribution < 1.29 is 17.9 Å². The fourth-order valence-corrected chi connectivity index (χ4v) is 4.72. The standard InChI is InChI=1S/C19H25N3O4S/c1-3-12-26-16-7-4-15(5-8-16)6-9-18(23)22-13-17(14-22)27(24,25)19-20-10-11-21(19)2/h4-5,7-8,10-11,17H,3,6,9,12-14H2,1-2H3. The van der Waals surface area contributed by atoms with Gasteiger partial charge in [0.05, 0.1) is 6.61 Å². The lowest BCUT2D eigenvalue weighted by molar-refractivity contribution is -0.134. The Hall–Kier alpha value is -2.35. The molecule has 0 unspecified atom stereocenters. The van der Waals surface area contributed by atoms with E-state index in [2.05, 4.69) is 11.9 Å². The van der Waals surface area contributed by atoms with Crippen molar-refractivity contribution in [3.63, 3.8) is 0 Å². The van der Waals surface area contributed by atoms with Crippen molar-refractivity contribution in [1.82, 2.24) is 14.5 Å². The van der Waals surface area contributed by atoms with Gasteiger partial charge in [-0.05, 0) is 30.5 Å². The van der Waals surface area contributed by atoms with Gasteiger partial charge in [-0.15, -0.1) is 0 Å². The summed E-state index contributed by atoms with van der Waals surface area (Å²) < 4.78 is 32.1. The van der Waals surface area contributed by atoms with E-state index in [0.29, 0.717) is 19.4 Å². The molecular weight excluding hydrogens is 366 g/mol. The number of amides is 1. The number of aromatic nitrogens is 2. The Labute approximate surface area is 159 Å². The smallest absolute Gasteiger partial charge is 0.227 e. The highest BCUT2D eigenvalue weighted by Crippen LogP contribution is 2.23. The van der Waals surface area contributed by atoms with Crippen molar-refractivity contribution in [3.8, 4) is 5.75 Å². The highest BCUT2D eigenvalue weighted by molar-refractivity contribution is 7.92. The minimum absolute atomic E-state index is 0.0207. The first-order chi connectivity index (χ1) is 12.9. The largest absolute Gasteiger partial charge is 0.494 e. The molecule has 27 heavy (non-hydrogen) atoms. The molecule has 146 valence electrons. The Balaban J connectivity index is 1.47. The van der Waals surface area contributed by atoms with E-state index in [-0.39, 0.29) is 24.2 Å². The van der Waals surface area contributed by atoms with Gasteiger partial charge >= 0.3 is 0 Å². The number of hydrogen-bond donors (Lipinski definition) is 0. The quantitative estimate of drug-likeness (QED) is 0.686. The molecular formula is C19H25N3O4S. The molecule has 7 nitrogen and oxygen atoms in total. The lowest BCUT2D eigenvalue weighted by Crippen LogP contribution is -2.57. The molecule has 2 heterocycles. The molecule has 0 bridgehead atoms. The normalized spacial score (nSPS) is 14.8. The van der Waals surface area contributed by atoms with E-state index in [1.165, 1.54) is 10.8 Å². The van der Waals surface area contributed by atoms with Crippen molar-refractivity contribution in [1.29, 1.82) is 0 Å². The molecule has 1 fully saturated rings. The van der Waals surface area contributed by atoms with Crippen LogP contribution >= 0.6 is 0 Å². The van der Waals surface area contributed by atoms with Crippen LogP contribution in [-0.4, -0.2) is 53.7 Å². The van der Waals surface area contributed by atoms with Crippen LogP contribution < -0.4 is 4.74 Å². The van der Waals surface area contributed by atoms with Gasteiger partial charge in [0.2, 0.25) is 20.9 Å². The van der Waals surface area contributed by atoms with Crippen LogP contribution in [-0.2, 0) is 28.1 Å². The minimum atomic E-state index is -3.49. The number of nitrogens with zero attached hydrogens (tertiary/aromatic N) is 3. The first-order valence-corrected chi connectivity index (χ1v) is 10.7. The molecule has 8 heteroatoms. The molecule has 1 aliphatic heterocycles. The summed E-state index contributed by atoms with van der Waals surface area (Å²) in [5, 5.41) is -0.512. The van der Waals surface area contributed by atoms with E-state index >= 15 is 0 Å². The molecule has 1 amide bonds. The predicted molar refractivity (Wildman–Crippen MR) is 101 cm³/mol. The molecule has 2 aromatic rings. The van der Waals surface area contributed by atoms with Crippen LogP contribution in [0.15, 0.2) is 41.8 Å². The highest BCUT2D eigenvalue weighted by atomic mass is 32.2. The summed E-state index contributed by atoms with van der Waals surface area (Å²) in [6.45, 7) is 3.21. The number of aryl methyl sites for hydroxylation is 2. The second kappa shape index (κ2) is 8.12. The van der Waals surface area contributed by atoms with E-state index in [1.807, 2.05) is 24.3 Å². The second-order valence-corrected chi connectivity index (χ2v) is 8.90. The van der Waals surface area contributed by atoms with Crippen LogP contribution in [0, 0.1) is 0 Å². The molecule has 1 saturated heterocycles. The third-order valence-electron chi connectivity index (χ3n) is 4.69. The maximum absolute atomic E-state index is 12.5. The van der Waals surface area contributed by atoms with E-state index in [9.17, 15) is 13.2 Å². The predicted octanol–water partition coefficient (Wildman–Crippen LogP) is 1.83. The molecule has 3 rings (SSSR count). The van der Waals surface area contributed by atoms with Crippen LogP contribution in [0.5, 0.6) is 5.75 Å². The molecule has 1 aromatic carbocycles. The number of rotatable bonds is 8. The van der Waals surface area contributed by atoms with Gasteiger partial charge < -0.3 is 14.2 Å². The SMILES string of the molecule is CCCOc1ccc(CCC(=O)N2CC(S(=O)(=O)c3nccn3C)C2)cc1. The zero-order valence-corrected chi connectivity index (χ0v) is 16.5. The molecule has 0 aliphatic carbocycles. The maximum Gasteiger partial charge on any atom is 0.227 e. The summed E-state index contributed by atoms with van der Waals surface area (Å²) >= 11 is 0. The molecule has 1 aliphatic rings. The molecule has 0 radical (unpaired) electrons. The van der Waals surface area contributed by atoms with Crippen LogP contribution in [0.3, 0.4) is 0 Å². The Morgan fingerprint density at radius 2 is 1.96 bits per heavy atom. The van der Waals surface area contributed by atoms with E-state index < -0.39 is 15.1 Å². The average molecular weight is 391 g/mol. The number of imidazole rings is 1. The number of carbonyl (C=O) groups is 1. The Morgan fingerprint density at radius 3 is 2.56 bits per heavy atom. The second-order valence-electron chi connectivity index (χ2n) is 6.78. The molecule has 0 spiro atoms. The Morgan fingerprint density at radius 1 is 1.26 bits per heavy atom. The zero-order chi connectivity index (χ0) is 19.4. The van der Waals surface area contributed by atoms with Crippen molar-refractivity contribution in [3.05, 3.63) is 42.2 Å². The van der Waals surface area contributed by atoms with Gasteiger partial charge in [-0.3, -0.25) is 4.79 Å². The lowest BCUT2D eigenvalue weighted by atomic mass is 10.1. The average Bonchev–Trinajstić information content (AvgIpc) is 3.04. The number of likely N-dealkylation sites (tertiary alicyclic amines) is 1. The summed E-state index contributed by atoms with van der Waals surface area (Å²) in [6.07, 6.45) is 5.02. The van der Waals surface area contributed by atoms with E-state index in [4.69, 9.17) is 4.74 Å². The number of sulfone groups is 1. The lowest BCUT2D eigenvalue weighted by Gasteiger charge is -2.38. The molecule has 0 saturated carbocycles. The summed E-state index contributed by atoms with van der Waals surface area (Å²) in [5.74, 6) is 0.810. The summed E-state index contributed by atoms with van der Waals surface area (Å²) in [4.78, 5) is 17.8. The molecule has 1 aromatic heterocycles. The van der Waals surface area contributed by atoms with Gasteiger partial charge in [0.15, 0.2) is 0 Å². The van der Waals surface area contributed by atoms with Gasteiger partial charge in [-0.25, -0.2) is 13.4 Å². The first-order valence-electron chi connectivity index (χ1n) is 9.12. The van der Waals surface area contributed by atoms with Crippen molar-refractivity contribution in [2.75, 3.05) is 19.7 Å². The maximum atomic E-state index is 12.5. The monoisotopic (exact) mass is 391 g/mol. The number of carbonyl (C=O) groups excluding carboxylic acids is 1. The summed E-state index contributed by atoms with van der Waals surface area (Å²) in [7, 11) is -1.84. The van der Waals surface area contributed by atoms with Gasteiger partial charge in [0.1, 0.15) is 11.0 Å². The van der Waals surface area contributed by atoms with E-state index in [1.54, 1.807) is 18.1 Å². The summed E-state index contributed by atoms with van der Waals surface area (Å²) in [6, 6.07) is 7.74. The van der Waals surface area contributed by atoms with Gasteiger partial charge in [0, 0.05) is 39.0 Å². The van der Waals surface area contributed by atoms with Crippen LogP contribution in [0.4, 0.5) is 0 Å². The fourth-order valence-electron chi connectivity index (χ4n) is 2.99. The fraction of sp³-hybridized carbons (Fsp3) is 0.474. The van der Waals surface area contributed by atoms with Crippen LogP contribution in [0.2, 0.25) is 0 Å². The third-order valence-corrected chi connectivity index (χ3v) is 6.77. The topological polar surface area (TPSA) is 81.5 Å². The van der Waals surface area contributed by atoms with Crippen molar-refractivity contribution in [2.24, 2.45) is 7.05 Å². The van der Waals surface area contributed by atoms with Crippen LogP contribution in [0.1, 0.15) is 25.3 Å². The van der Waals surface area contributed by atoms with Crippen molar-refractivity contribution >= 4 is 15.7 Å². The van der Waals surface area contributed by atoms with Gasteiger partial charge in [0.25, 0.3) is 0 Å². The van der Waals surface area contributed by atoms with Gasteiger partial charge in [-0.2, -0.15) is 0 Å². The van der Waals surface area contributed by atoms with Crippen LogP contribution in [0.25, 0.3) is 0 Å². The van der Waals surface area contributed by atoms with Gasteiger partial charge in [-0.1, -0.05) is 19.1 Å². The first kappa shape index (κ1) is 19.4. The zero-order valence-electron chi connectivity index (χ0n) is 15.7. The highest BCUT2D eigenvalue weighted by Gasteiger charge is 2.41. The number of benzene rings is 1. The Kier molecular flexibility index (Phi) is 5.84. The Bertz CT molecular complexity index is 884.